The zero-order valence-electron chi connectivity index (χ0n) is 13.2. The molecule has 0 aliphatic heterocycles. The molecular weight excluding hydrogens is 344 g/mol. The maximum atomic E-state index is 12.5. The lowest BCUT2D eigenvalue weighted by atomic mass is 10.3. The number of aromatic nitrogens is 3. The van der Waals surface area contributed by atoms with E-state index in [0.29, 0.717) is 11.4 Å². The summed E-state index contributed by atoms with van der Waals surface area (Å²) in [5, 5.41) is 7.57. The first-order valence-electron chi connectivity index (χ1n) is 7.19. The van der Waals surface area contributed by atoms with Gasteiger partial charge in [-0.1, -0.05) is 35.5 Å². The fraction of sp³-hybridized carbons (Fsp3) is 0.0625. The smallest absolute Gasteiger partial charge is 0.360 e. The van der Waals surface area contributed by atoms with Crippen LogP contribution >= 0.6 is 0 Å². The lowest BCUT2D eigenvalue weighted by Crippen LogP contribution is -2.14. The van der Waals surface area contributed by atoms with Gasteiger partial charge in [0.05, 0.1) is 29.6 Å². The number of benzene rings is 2. The molecule has 0 amide bonds. The van der Waals surface area contributed by atoms with Crippen LogP contribution in [0.2, 0.25) is 0 Å². The van der Waals surface area contributed by atoms with Crippen LogP contribution in [0.15, 0.2) is 65.7 Å². The van der Waals surface area contributed by atoms with E-state index in [0.717, 1.165) is 0 Å². The largest absolute Gasteiger partial charge is 0.464 e. The highest BCUT2D eigenvalue weighted by Gasteiger charge is 2.18. The number of esters is 1. The van der Waals surface area contributed by atoms with Crippen LogP contribution in [-0.4, -0.2) is 36.5 Å². The van der Waals surface area contributed by atoms with E-state index >= 15 is 0 Å². The van der Waals surface area contributed by atoms with Gasteiger partial charge in [0, 0.05) is 0 Å². The number of carbonyl (C=O) groups excluding carboxylic acids is 1. The van der Waals surface area contributed by atoms with Gasteiger partial charge in [-0.05, 0) is 24.3 Å². The predicted octanol–water partition coefficient (Wildman–Crippen LogP) is 1.85. The van der Waals surface area contributed by atoms with E-state index < -0.39 is 16.0 Å². The summed E-state index contributed by atoms with van der Waals surface area (Å²) in [6.07, 6.45) is 1.36. The molecule has 9 heteroatoms. The van der Waals surface area contributed by atoms with Crippen molar-refractivity contribution >= 4 is 21.7 Å². The molecule has 1 aromatic heterocycles. The maximum absolute atomic E-state index is 12.5. The zero-order chi connectivity index (χ0) is 17.9. The number of para-hydroxylation sites is 2. The van der Waals surface area contributed by atoms with Gasteiger partial charge < -0.3 is 4.74 Å². The van der Waals surface area contributed by atoms with E-state index in [4.69, 9.17) is 0 Å². The van der Waals surface area contributed by atoms with Crippen LogP contribution in [0.3, 0.4) is 0 Å². The van der Waals surface area contributed by atoms with Crippen molar-refractivity contribution in [1.29, 1.82) is 0 Å². The van der Waals surface area contributed by atoms with Gasteiger partial charge in [0.15, 0.2) is 5.69 Å². The van der Waals surface area contributed by atoms with Crippen LogP contribution in [-0.2, 0) is 14.8 Å². The van der Waals surface area contributed by atoms with E-state index in [1.807, 2.05) is 0 Å². The van der Waals surface area contributed by atoms with Gasteiger partial charge in [0.1, 0.15) is 0 Å². The van der Waals surface area contributed by atoms with Crippen molar-refractivity contribution in [2.75, 3.05) is 11.8 Å². The molecule has 0 radical (unpaired) electrons. The Kier molecular flexibility index (Phi) is 4.48. The normalized spacial score (nSPS) is 11.1. The van der Waals surface area contributed by atoms with Crippen molar-refractivity contribution in [3.63, 3.8) is 0 Å². The summed E-state index contributed by atoms with van der Waals surface area (Å²) < 4.78 is 33.4. The highest BCUT2D eigenvalue weighted by molar-refractivity contribution is 7.92. The van der Waals surface area contributed by atoms with Crippen molar-refractivity contribution in [3.05, 3.63) is 66.5 Å². The molecule has 0 fully saturated rings. The Balaban J connectivity index is 1.97. The minimum absolute atomic E-state index is 0.0169. The van der Waals surface area contributed by atoms with Crippen LogP contribution in [0, 0.1) is 0 Å². The van der Waals surface area contributed by atoms with E-state index in [1.54, 1.807) is 42.5 Å². The molecule has 0 saturated heterocycles. The molecule has 0 atom stereocenters. The monoisotopic (exact) mass is 358 g/mol. The van der Waals surface area contributed by atoms with Crippen LogP contribution in [0.25, 0.3) is 5.69 Å². The van der Waals surface area contributed by atoms with Crippen LogP contribution in [0.4, 0.5) is 5.69 Å². The van der Waals surface area contributed by atoms with Gasteiger partial charge in [-0.3, -0.25) is 4.72 Å². The molecular formula is C16H14N4O4S. The Bertz CT molecular complexity index is 1000. The molecule has 1 heterocycles. The van der Waals surface area contributed by atoms with Gasteiger partial charge in [0.2, 0.25) is 0 Å². The number of rotatable bonds is 5. The van der Waals surface area contributed by atoms with Gasteiger partial charge in [-0.2, -0.15) is 0 Å². The zero-order valence-corrected chi connectivity index (χ0v) is 14.0. The summed E-state index contributed by atoms with van der Waals surface area (Å²) in [5.74, 6) is -0.631. The van der Waals surface area contributed by atoms with Crippen molar-refractivity contribution in [1.82, 2.24) is 15.0 Å². The third kappa shape index (κ3) is 3.50. The lowest BCUT2D eigenvalue weighted by molar-refractivity contribution is 0.0594. The second kappa shape index (κ2) is 6.73. The van der Waals surface area contributed by atoms with Gasteiger partial charge in [-0.25, -0.2) is 17.9 Å². The number of nitrogens with zero attached hydrogens (tertiary/aromatic N) is 3. The molecule has 2 aromatic carbocycles. The number of nitrogens with one attached hydrogen (secondary N) is 1. The molecule has 25 heavy (non-hydrogen) atoms. The number of sulfonamides is 1. The summed E-state index contributed by atoms with van der Waals surface area (Å²) in [6, 6.07) is 14.6. The summed E-state index contributed by atoms with van der Waals surface area (Å²) in [7, 11) is -2.52. The van der Waals surface area contributed by atoms with Gasteiger partial charge >= 0.3 is 5.97 Å². The average Bonchev–Trinajstić information content (AvgIpc) is 3.12. The quantitative estimate of drug-likeness (QED) is 0.698. The summed E-state index contributed by atoms with van der Waals surface area (Å²) in [4.78, 5) is 11.6. The summed E-state index contributed by atoms with van der Waals surface area (Å²) in [5.41, 5.74) is 0.737. The van der Waals surface area contributed by atoms with Gasteiger partial charge in [-0.15, -0.1) is 5.10 Å². The lowest BCUT2D eigenvalue weighted by Gasteiger charge is -2.12. The van der Waals surface area contributed by atoms with E-state index in [1.165, 1.54) is 30.1 Å². The van der Waals surface area contributed by atoms with Crippen molar-refractivity contribution in [2.45, 2.75) is 4.90 Å². The Morgan fingerprint density at radius 1 is 1.08 bits per heavy atom. The Morgan fingerprint density at radius 2 is 1.76 bits per heavy atom. The molecule has 0 saturated carbocycles. The van der Waals surface area contributed by atoms with E-state index in [9.17, 15) is 13.2 Å². The molecule has 0 aliphatic carbocycles. The van der Waals surface area contributed by atoms with E-state index in [2.05, 4.69) is 19.8 Å². The number of methoxy groups -OCH3 is 1. The van der Waals surface area contributed by atoms with Crippen molar-refractivity contribution in [3.8, 4) is 5.69 Å². The number of anilines is 1. The molecule has 1 N–H and O–H groups in total. The van der Waals surface area contributed by atoms with Crippen LogP contribution in [0.1, 0.15) is 10.5 Å². The van der Waals surface area contributed by atoms with Crippen molar-refractivity contribution < 1.29 is 17.9 Å². The van der Waals surface area contributed by atoms with Gasteiger partial charge in [0.25, 0.3) is 10.0 Å². The minimum atomic E-state index is -3.76. The Morgan fingerprint density at radius 3 is 2.48 bits per heavy atom. The number of carbonyl (C=O) groups is 1. The predicted molar refractivity (Wildman–Crippen MR) is 89.9 cm³/mol. The van der Waals surface area contributed by atoms with E-state index in [-0.39, 0.29) is 10.6 Å². The highest BCUT2D eigenvalue weighted by atomic mass is 32.2. The third-order valence-corrected chi connectivity index (χ3v) is 4.72. The second-order valence-corrected chi connectivity index (χ2v) is 6.66. The second-order valence-electron chi connectivity index (χ2n) is 4.98. The summed E-state index contributed by atoms with van der Waals surface area (Å²) >= 11 is 0. The molecule has 128 valence electrons. The Hall–Kier alpha value is -3.20. The third-order valence-electron chi connectivity index (χ3n) is 3.34. The molecule has 0 unspecified atom stereocenters. The number of hydrogen-bond acceptors (Lipinski definition) is 6. The van der Waals surface area contributed by atoms with Crippen LogP contribution < -0.4 is 4.72 Å². The fourth-order valence-corrected chi connectivity index (χ4v) is 3.24. The van der Waals surface area contributed by atoms with Crippen LogP contribution in [0.5, 0.6) is 0 Å². The van der Waals surface area contributed by atoms with Crippen molar-refractivity contribution in [2.24, 2.45) is 0 Å². The first-order chi connectivity index (χ1) is 12.0. The number of ether oxygens (including phenoxy) is 1. The fourth-order valence-electron chi connectivity index (χ4n) is 2.14. The molecule has 3 aromatic rings. The Labute approximate surface area is 144 Å². The molecule has 0 spiro atoms. The summed E-state index contributed by atoms with van der Waals surface area (Å²) in [6.45, 7) is 0. The highest BCUT2D eigenvalue weighted by Crippen LogP contribution is 2.23. The first-order valence-corrected chi connectivity index (χ1v) is 8.67. The molecule has 3 rings (SSSR count). The molecule has 8 nitrogen and oxygen atoms in total. The topological polar surface area (TPSA) is 103 Å². The average molecular weight is 358 g/mol. The maximum Gasteiger partial charge on any atom is 0.360 e. The molecule has 0 bridgehead atoms. The first kappa shape index (κ1) is 16.7. The molecule has 0 aliphatic rings. The minimum Gasteiger partial charge on any atom is -0.464 e. The SMILES string of the molecule is COC(=O)c1cn(-c2ccccc2NS(=O)(=O)c2ccccc2)nn1. The standard InChI is InChI=1S/C16H14N4O4S/c1-24-16(21)14-11-20(19-17-14)15-10-6-5-9-13(15)18-25(22,23)12-7-3-2-4-8-12/h2-11,18H,1H3. The number of hydrogen-bond donors (Lipinski definition) is 1.